The number of rotatable bonds is 1. The van der Waals surface area contributed by atoms with Gasteiger partial charge in [0.25, 0.3) is 0 Å². The highest BCUT2D eigenvalue weighted by molar-refractivity contribution is 7.53. The zero-order valence-corrected chi connectivity index (χ0v) is 8.21. The fourth-order valence-electron chi connectivity index (χ4n) is 1.17. The van der Waals surface area contributed by atoms with Crippen LogP contribution in [0.15, 0.2) is 0 Å². The molecule has 68 valence electrons. The van der Waals surface area contributed by atoms with Gasteiger partial charge < -0.3 is 4.52 Å². The topological polar surface area (TPSA) is 35.5 Å². The molecule has 0 spiro atoms. The molecule has 0 aliphatic carbocycles. The van der Waals surface area contributed by atoms with Gasteiger partial charge in [0, 0.05) is 7.11 Å². The molecule has 4 heteroatoms. The maximum Gasteiger partial charge on any atom is 0.331 e. The number of terminal acetylenes is 1. The van der Waals surface area contributed by atoms with Crippen LogP contribution >= 0.6 is 7.60 Å². The lowest BCUT2D eigenvalue weighted by molar-refractivity contribution is 0.135. The smallest absolute Gasteiger partial charge is 0.312 e. The summed E-state index contributed by atoms with van der Waals surface area (Å²) in [6.45, 7) is 1.99. The molecule has 12 heavy (non-hydrogen) atoms. The summed E-state index contributed by atoms with van der Waals surface area (Å²) in [5.74, 6) is 2.74. The number of hydrogen-bond acceptors (Lipinski definition) is 3. The van der Waals surface area contributed by atoms with E-state index in [2.05, 4.69) is 5.92 Å². The highest BCUT2D eigenvalue weighted by Crippen LogP contribution is 2.53. The van der Waals surface area contributed by atoms with Crippen molar-refractivity contribution >= 4 is 7.60 Å². The first-order valence-electron chi connectivity index (χ1n) is 3.90. The summed E-state index contributed by atoms with van der Waals surface area (Å²) in [6, 6.07) is 0. The van der Waals surface area contributed by atoms with Crippen LogP contribution < -0.4 is 0 Å². The molecule has 1 rings (SSSR count). The van der Waals surface area contributed by atoms with Gasteiger partial charge in [-0.1, -0.05) is 12.8 Å². The van der Waals surface area contributed by atoms with Gasteiger partial charge in [-0.05, 0) is 12.3 Å². The fraction of sp³-hybridized carbons (Fsp3) is 0.750. The summed E-state index contributed by atoms with van der Waals surface area (Å²) in [5.41, 5.74) is 0. The third kappa shape index (κ3) is 1.90. The molecule has 0 radical (unpaired) electrons. The average Bonchev–Trinajstić information content (AvgIpc) is 2.10. The molecule has 0 bridgehead atoms. The van der Waals surface area contributed by atoms with Crippen molar-refractivity contribution in [2.45, 2.75) is 19.4 Å². The van der Waals surface area contributed by atoms with E-state index in [4.69, 9.17) is 15.5 Å². The molecule has 3 unspecified atom stereocenters. The van der Waals surface area contributed by atoms with E-state index < -0.39 is 7.60 Å². The predicted molar refractivity (Wildman–Crippen MR) is 47.0 cm³/mol. The van der Waals surface area contributed by atoms with Gasteiger partial charge in [0.1, 0.15) is 6.10 Å². The molecule has 0 aromatic rings. The van der Waals surface area contributed by atoms with Crippen LogP contribution in [0, 0.1) is 18.3 Å². The van der Waals surface area contributed by atoms with E-state index >= 15 is 0 Å². The van der Waals surface area contributed by atoms with Gasteiger partial charge in [-0.2, -0.15) is 0 Å². The summed E-state index contributed by atoms with van der Waals surface area (Å²) in [6.07, 6.45) is 6.14. The summed E-state index contributed by atoms with van der Waals surface area (Å²) in [4.78, 5) is 0. The maximum atomic E-state index is 11.6. The highest BCUT2D eigenvalue weighted by Gasteiger charge is 2.35. The third-order valence-corrected chi connectivity index (χ3v) is 4.00. The Kier molecular flexibility index (Phi) is 2.95. The average molecular weight is 188 g/mol. The molecule has 0 aromatic heterocycles. The second-order valence-corrected chi connectivity index (χ2v) is 5.22. The van der Waals surface area contributed by atoms with Crippen LogP contribution in [0.3, 0.4) is 0 Å². The molecular weight excluding hydrogens is 175 g/mol. The van der Waals surface area contributed by atoms with Crippen LogP contribution in [0.5, 0.6) is 0 Å². The molecule has 0 amide bonds. The third-order valence-electron chi connectivity index (χ3n) is 2.09. The van der Waals surface area contributed by atoms with Gasteiger partial charge in [0.15, 0.2) is 0 Å². The van der Waals surface area contributed by atoms with Gasteiger partial charge in [0.05, 0.1) is 6.16 Å². The first-order valence-corrected chi connectivity index (χ1v) is 5.63. The molecule has 3 nitrogen and oxygen atoms in total. The molecule has 1 aliphatic rings. The van der Waals surface area contributed by atoms with Crippen LogP contribution in [0.1, 0.15) is 13.3 Å². The molecule has 1 saturated heterocycles. The van der Waals surface area contributed by atoms with Crippen LogP contribution in [0.2, 0.25) is 0 Å². The Balaban J connectivity index is 2.69. The maximum absolute atomic E-state index is 11.6. The van der Waals surface area contributed by atoms with Crippen LogP contribution in [-0.4, -0.2) is 19.4 Å². The monoisotopic (exact) mass is 188 g/mol. The summed E-state index contributed by atoms with van der Waals surface area (Å²) in [7, 11) is -1.45. The Bertz CT molecular complexity index is 243. The van der Waals surface area contributed by atoms with Gasteiger partial charge in [-0.15, -0.1) is 6.42 Å². The molecule has 1 heterocycles. The predicted octanol–water partition coefficient (Wildman–Crippen LogP) is 1.88. The Morgan fingerprint density at radius 1 is 1.75 bits per heavy atom. The van der Waals surface area contributed by atoms with Crippen molar-refractivity contribution < 1.29 is 13.6 Å². The molecule has 0 N–H and O–H groups in total. The van der Waals surface area contributed by atoms with Crippen molar-refractivity contribution in [3.8, 4) is 12.3 Å². The van der Waals surface area contributed by atoms with E-state index in [1.807, 2.05) is 6.92 Å². The quantitative estimate of drug-likeness (QED) is 0.465. The van der Waals surface area contributed by atoms with Crippen molar-refractivity contribution in [2.24, 2.45) is 5.92 Å². The second kappa shape index (κ2) is 3.62. The van der Waals surface area contributed by atoms with Gasteiger partial charge in [-0.25, -0.2) is 0 Å². The van der Waals surface area contributed by atoms with Crippen LogP contribution in [0.25, 0.3) is 0 Å². The zero-order valence-electron chi connectivity index (χ0n) is 7.32. The minimum atomic E-state index is -2.85. The van der Waals surface area contributed by atoms with E-state index in [1.54, 1.807) is 0 Å². The van der Waals surface area contributed by atoms with E-state index in [0.717, 1.165) is 6.42 Å². The minimum absolute atomic E-state index is 0.271. The lowest BCUT2D eigenvalue weighted by atomic mass is 10.0. The fourth-order valence-corrected chi connectivity index (χ4v) is 2.88. The normalized spacial score (nSPS) is 42.1. The molecule has 1 aliphatic heterocycles. The molecule has 1 fully saturated rings. The lowest BCUT2D eigenvalue weighted by Crippen LogP contribution is -2.25. The zero-order chi connectivity index (χ0) is 9.19. The Labute approximate surface area is 73.0 Å². The van der Waals surface area contributed by atoms with E-state index in [0.29, 0.717) is 6.16 Å². The lowest BCUT2D eigenvalue weighted by Gasteiger charge is -2.30. The largest absolute Gasteiger partial charge is 0.331 e. The summed E-state index contributed by atoms with van der Waals surface area (Å²) in [5, 5.41) is 0. The molecule has 0 aromatic carbocycles. The SMILES string of the molecule is C#CC1OP(=O)(OC)CCC1C. The Morgan fingerprint density at radius 3 is 2.92 bits per heavy atom. The molecule has 3 atom stereocenters. The minimum Gasteiger partial charge on any atom is -0.312 e. The Hall–Kier alpha value is -0.290. The van der Waals surface area contributed by atoms with Gasteiger partial charge in [-0.3, -0.25) is 9.09 Å². The van der Waals surface area contributed by atoms with Crippen LogP contribution in [0.4, 0.5) is 0 Å². The first kappa shape index (κ1) is 9.80. The van der Waals surface area contributed by atoms with Gasteiger partial charge >= 0.3 is 7.60 Å². The number of hydrogen-bond donors (Lipinski definition) is 0. The van der Waals surface area contributed by atoms with Crippen molar-refractivity contribution in [2.75, 3.05) is 13.3 Å². The van der Waals surface area contributed by atoms with Crippen molar-refractivity contribution in [3.05, 3.63) is 0 Å². The van der Waals surface area contributed by atoms with E-state index in [-0.39, 0.29) is 12.0 Å². The molecule has 0 saturated carbocycles. The summed E-state index contributed by atoms with van der Waals surface area (Å²) < 4.78 is 21.6. The first-order chi connectivity index (χ1) is 5.61. The van der Waals surface area contributed by atoms with Gasteiger partial charge in [0.2, 0.25) is 0 Å². The highest BCUT2D eigenvalue weighted by atomic mass is 31.2. The standard InChI is InChI=1S/C8H13O3P/c1-4-8-7(2)5-6-12(9,10-3)11-8/h1,7-8H,5-6H2,2-3H3. The van der Waals surface area contributed by atoms with Crippen molar-refractivity contribution in [1.82, 2.24) is 0 Å². The van der Waals surface area contributed by atoms with Crippen molar-refractivity contribution in [1.29, 1.82) is 0 Å². The van der Waals surface area contributed by atoms with Crippen molar-refractivity contribution in [3.63, 3.8) is 0 Å². The van der Waals surface area contributed by atoms with Crippen LogP contribution in [-0.2, 0) is 13.6 Å². The second-order valence-electron chi connectivity index (χ2n) is 2.98. The summed E-state index contributed by atoms with van der Waals surface area (Å²) >= 11 is 0. The Morgan fingerprint density at radius 2 is 2.42 bits per heavy atom. The molecular formula is C8H13O3P. The van der Waals surface area contributed by atoms with E-state index in [9.17, 15) is 4.57 Å². The van der Waals surface area contributed by atoms with E-state index in [1.165, 1.54) is 7.11 Å².